The number of aryl methyl sites for hydroxylation is 2. The number of ether oxygens (including phenoxy) is 2. The number of thioether (sulfide) groups is 1. The molecule has 0 fully saturated rings. The summed E-state index contributed by atoms with van der Waals surface area (Å²) in [5, 5.41) is 12.1. The van der Waals surface area contributed by atoms with Crippen LogP contribution in [0.25, 0.3) is 0 Å². The Bertz CT molecular complexity index is 1020. The Balaban J connectivity index is 1.61. The number of nitrogens with zero attached hydrogens (tertiary/aromatic N) is 3. The van der Waals surface area contributed by atoms with E-state index in [2.05, 4.69) is 15.5 Å². The van der Waals surface area contributed by atoms with Crippen molar-refractivity contribution in [2.24, 2.45) is 0 Å². The summed E-state index contributed by atoms with van der Waals surface area (Å²) in [6.45, 7) is 9.53. The summed E-state index contributed by atoms with van der Waals surface area (Å²) >= 11 is 1.35. The second-order valence-electron chi connectivity index (χ2n) is 6.92. The lowest BCUT2D eigenvalue weighted by molar-refractivity contribution is -0.113. The van der Waals surface area contributed by atoms with Crippen LogP contribution in [0.15, 0.2) is 47.6 Å². The maximum atomic E-state index is 12.5. The first kappa shape index (κ1) is 22.7. The Labute approximate surface area is 187 Å². The Morgan fingerprint density at radius 1 is 1.03 bits per heavy atom. The van der Waals surface area contributed by atoms with Crippen LogP contribution in [0.4, 0.5) is 5.69 Å². The predicted octanol–water partition coefficient (Wildman–Crippen LogP) is 4.62. The smallest absolute Gasteiger partial charge is 0.234 e. The van der Waals surface area contributed by atoms with Crippen molar-refractivity contribution in [1.29, 1.82) is 0 Å². The second-order valence-corrected chi connectivity index (χ2v) is 7.86. The first-order valence-corrected chi connectivity index (χ1v) is 11.3. The van der Waals surface area contributed by atoms with E-state index in [1.165, 1.54) is 11.8 Å². The van der Waals surface area contributed by atoms with Crippen molar-refractivity contribution < 1.29 is 14.3 Å². The Hall–Kier alpha value is -3.00. The topological polar surface area (TPSA) is 78.3 Å². The van der Waals surface area contributed by atoms with E-state index >= 15 is 0 Å². The van der Waals surface area contributed by atoms with E-state index < -0.39 is 0 Å². The van der Waals surface area contributed by atoms with Gasteiger partial charge in [0.15, 0.2) is 11.0 Å². The number of carbonyl (C=O) groups excluding carboxylic acids is 1. The third kappa shape index (κ3) is 5.79. The predicted molar refractivity (Wildman–Crippen MR) is 123 cm³/mol. The molecule has 0 saturated carbocycles. The van der Waals surface area contributed by atoms with Crippen LogP contribution in [-0.4, -0.2) is 33.0 Å². The largest absolute Gasteiger partial charge is 0.492 e. The lowest BCUT2D eigenvalue weighted by Crippen LogP contribution is -2.15. The molecule has 164 valence electrons. The van der Waals surface area contributed by atoms with Gasteiger partial charge in [0.25, 0.3) is 0 Å². The highest BCUT2D eigenvalue weighted by atomic mass is 32.2. The van der Waals surface area contributed by atoms with E-state index in [1.54, 1.807) is 0 Å². The molecule has 1 heterocycles. The molecule has 0 aliphatic carbocycles. The molecule has 3 aromatic rings. The van der Waals surface area contributed by atoms with Crippen molar-refractivity contribution in [2.75, 3.05) is 17.7 Å². The third-order valence-electron chi connectivity index (χ3n) is 4.66. The van der Waals surface area contributed by atoms with Crippen LogP contribution < -0.4 is 14.8 Å². The summed E-state index contributed by atoms with van der Waals surface area (Å²) in [6.07, 6.45) is 0. The minimum atomic E-state index is -0.129. The zero-order chi connectivity index (χ0) is 22.2. The third-order valence-corrected chi connectivity index (χ3v) is 5.62. The summed E-state index contributed by atoms with van der Waals surface area (Å²) < 4.78 is 13.6. The fourth-order valence-corrected chi connectivity index (χ4v) is 4.00. The number of amides is 1. The van der Waals surface area contributed by atoms with Crippen molar-refractivity contribution in [3.63, 3.8) is 0 Å². The van der Waals surface area contributed by atoms with Crippen LogP contribution >= 0.6 is 11.8 Å². The second kappa shape index (κ2) is 10.9. The summed E-state index contributed by atoms with van der Waals surface area (Å²) in [4.78, 5) is 12.5. The van der Waals surface area contributed by atoms with E-state index in [4.69, 9.17) is 9.47 Å². The molecule has 8 heteroatoms. The average Bonchev–Trinajstić information content (AvgIpc) is 3.15. The van der Waals surface area contributed by atoms with Gasteiger partial charge in [-0.1, -0.05) is 42.1 Å². The van der Waals surface area contributed by atoms with Gasteiger partial charge in [-0.05, 0) is 51.0 Å². The van der Waals surface area contributed by atoms with E-state index in [0.29, 0.717) is 36.4 Å². The highest BCUT2D eigenvalue weighted by Gasteiger charge is 2.15. The minimum Gasteiger partial charge on any atom is -0.492 e. The number of benzene rings is 2. The van der Waals surface area contributed by atoms with Gasteiger partial charge in [0.2, 0.25) is 5.91 Å². The van der Waals surface area contributed by atoms with E-state index in [9.17, 15) is 4.79 Å². The van der Waals surface area contributed by atoms with E-state index in [-0.39, 0.29) is 11.7 Å². The molecule has 1 N–H and O–H groups in total. The molecule has 0 bridgehead atoms. The van der Waals surface area contributed by atoms with Crippen LogP contribution in [0.2, 0.25) is 0 Å². The fourth-order valence-electron chi connectivity index (χ4n) is 3.18. The maximum Gasteiger partial charge on any atom is 0.234 e. The summed E-state index contributed by atoms with van der Waals surface area (Å²) in [5.74, 6) is 2.35. The summed E-state index contributed by atoms with van der Waals surface area (Å²) in [5.41, 5.74) is 2.83. The maximum absolute atomic E-state index is 12.5. The lowest BCUT2D eigenvalue weighted by Gasteiger charge is -2.13. The zero-order valence-electron chi connectivity index (χ0n) is 18.3. The van der Waals surface area contributed by atoms with Crippen molar-refractivity contribution in [3.8, 4) is 11.5 Å². The van der Waals surface area contributed by atoms with Crippen molar-refractivity contribution in [1.82, 2.24) is 14.8 Å². The Morgan fingerprint density at radius 3 is 2.48 bits per heavy atom. The molecule has 0 unspecified atom stereocenters. The molecule has 0 radical (unpaired) electrons. The van der Waals surface area contributed by atoms with Gasteiger partial charge < -0.3 is 19.4 Å². The van der Waals surface area contributed by atoms with Gasteiger partial charge >= 0.3 is 0 Å². The lowest BCUT2D eigenvalue weighted by atomic mass is 10.1. The summed E-state index contributed by atoms with van der Waals surface area (Å²) in [7, 11) is 0. The number of para-hydroxylation sites is 3. The normalized spacial score (nSPS) is 10.7. The van der Waals surface area contributed by atoms with Gasteiger partial charge in [-0.3, -0.25) is 4.79 Å². The molecule has 0 atom stereocenters. The molecular formula is C23H28N4O3S. The van der Waals surface area contributed by atoms with Gasteiger partial charge in [0, 0.05) is 6.54 Å². The molecule has 1 amide bonds. The molecule has 0 spiro atoms. The first-order valence-electron chi connectivity index (χ1n) is 10.3. The number of rotatable bonds is 10. The highest BCUT2D eigenvalue weighted by Crippen LogP contribution is 2.26. The molecule has 7 nitrogen and oxygen atoms in total. The van der Waals surface area contributed by atoms with Gasteiger partial charge in [-0.15, -0.1) is 10.2 Å². The first-order chi connectivity index (χ1) is 15.0. The molecule has 0 saturated heterocycles. The molecule has 31 heavy (non-hydrogen) atoms. The van der Waals surface area contributed by atoms with Gasteiger partial charge in [-0.2, -0.15) is 0 Å². The zero-order valence-corrected chi connectivity index (χ0v) is 19.2. The number of hydrogen-bond acceptors (Lipinski definition) is 6. The number of anilines is 1. The van der Waals surface area contributed by atoms with Crippen LogP contribution in [0.1, 0.15) is 30.8 Å². The van der Waals surface area contributed by atoms with E-state index in [0.717, 1.165) is 22.7 Å². The monoisotopic (exact) mass is 440 g/mol. The number of nitrogens with one attached hydrogen (secondary N) is 1. The standard InChI is InChI=1S/C23H28N4O3S/c1-5-27-20(14-30-22-16(3)10-9-11-17(22)4)25-26-23(27)31-15-21(28)24-18-12-7-8-13-19(18)29-6-2/h7-13H,5-6,14-15H2,1-4H3,(H,24,28). The SMILES string of the molecule is CCOc1ccccc1NC(=O)CSc1nnc(COc2c(C)cccc2C)n1CC. The van der Waals surface area contributed by atoms with Crippen molar-refractivity contribution >= 4 is 23.4 Å². The quantitative estimate of drug-likeness (QED) is 0.464. The molecule has 2 aromatic carbocycles. The van der Waals surface area contributed by atoms with Crippen molar-refractivity contribution in [3.05, 3.63) is 59.4 Å². The summed E-state index contributed by atoms with van der Waals surface area (Å²) in [6, 6.07) is 13.5. The molecule has 3 rings (SSSR count). The van der Waals surface area contributed by atoms with Crippen molar-refractivity contribution in [2.45, 2.75) is 46.0 Å². The molecular weight excluding hydrogens is 412 g/mol. The average molecular weight is 441 g/mol. The number of carbonyl (C=O) groups is 1. The highest BCUT2D eigenvalue weighted by molar-refractivity contribution is 7.99. The Kier molecular flexibility index (Phi) is 7.94. The van der Waals surface area contributed by atoms with Crippen LogP contribution in [0, 0.1) is 13.8 Å². The van der Waals surface area contributed by atoms with Crippen LogP contribution in [0.5, 0.6) is 11.5 Å². The van der Waals surface area contributed by atoms with Gasteiger partial charge in [0.05, 0.1) is 18.0 Å². The number of aromatic nitrogens is 3. The van der Waals surface area contributed by atoms with Gasteiger partial charge in [-0.25, -0.2) is 0 Å². The van der Waals surface area contributed by atoms with Gasteiger partial charge in [0.1, 0.15) is 18.1 Å². The van der Waals surface area contributed by atoms with Crippen LogP contribution in [-0.2, 0) is 17.9 Å². The molecule has 0 aliphatic rings. The number of hydrogen-bond donors (Lipinski definition) is 1. The fraction of sp³-hybridized carbons (Fsp3) is 0.348. The molecule has 1 aromatic heterocycles. The molecule has 0 aliphatic heterocycles. The minimum absolute atomic E-state index is 0.129. The van der Waals surface area contributed by atoms with E-state index in [1.807, 2.05) is 74.7 Å². The van der Waals surface area contributed by atoms with Crippen LogP contribution in [0.3, 0.4) is 0 Å². The Morgan fingerprint density at radius 2 is 1.77 bits per heavy atom.